The van der Waals surface area contributed by atoms with Crippen molar-refractivity contribution in [3.63, 3.8) is 0 Å². The first-order valence-electron chi connectivity index (χ1n) is 9.72. The van der Waals surface area contributed by atoms with Gasteiger partial charge in [-0.25, -0.2) is 0 Å². The molecule has 34 heavy (non-hydrogen) atoms. The number of alkyl halides is 3. The number of aryl methyl sites for hydroxylation is 1. The third-order valence-corrected chi connectivity index (χ3v) is 7.50. The minimum Gasteiger partial charge on any atom is -0.368 e. The second kappa shape index (κ2) is 10.6. The van der Waals surface area contributed by atoms with Gasteiger partial charge < -0.3 is 5.73 Å². The second-order valence-corrected chi connectivity index (χ2v) is 10.1. The lowest BCUT2D eigenvalue weighted by atomic mass is 10.1. The van der Waals surface area contributed by atoms with Crippen LogP contribution in [0.3, 0.4) is 0 Å². The molecule has 0 saturated heterocycles. The minimum absolute atomic E-state index is 0.115. The summed E-state index contributed by atoms with van der Waals surface area (Å²) in [6.07, 6.45) is -4.43. The summed E-state index contributed by atoms with van der Waals surface area (Å²) in [4.78, 5) is 0.179. The predicted molar refractivity (Wildman–Crippen MR) is 129 cm³/mol. The summed E-state index contributed by atoms with van der Waals surface area (Å²) in [5.41, 5.74) is 12.0. The first-order valence-corrected chi connectivity index (χ1v) is 12.5. The van der Waals surface area contributed by atoms with E-state index in [1.807, 2.05) is 6.07 Å². The van der Waals surface area contributed by atoms with Crippen molar-refractivity contribution in [1.29, 1.82) is 0 Å². The largest absolute Gasteiger partial charge is 0.416 e. The summed E-state index contributed by atoms with van der Waals surface area (Å²) in [5.74, 6) is -0.164. The molecule has 3 aromatic carbocycles. The van der Waals surface area contributed by atoms with Crippen molar-refractivity contribution in [3.05, 3.63) is 88.4 Å². The standard InChI is InChI=1S/C22H20ClF3N4O2S2/c1-14-11-20(34(31,32)30-21(27)29-28-17-5-3-2-4-6-17)19(12-18(14)23)33-13-15-7-9-16(10-8-15)22(24,25)26/h2-12,28H,13H2,1H3,(H3,27,29,30). The van der Waals surface area contributed by atoms with Gasteiger partial charge in [-0.2, -0.15) is 21.6 Å². The third-order valence-electron chi connectivity index (χ3n) is 4.51. The van der Waals surface area contributed by atoms with Crippen LogP contribution in [-0.2, 0) is 22.0 Å². The Kier molecular flexibility index (Phi) is 8.01. The fraction of sp³-hybridized carbons (Fsp3) is 0.136. The number of hydrogen-bond donors (Lipinski definition) is 3. The Bertz CT molecular complexity index is 1280. The van der Waals surface area contributed by atoms with Gasteiger partial charge in [0.25, 0.3) is 10.0 Å². The lowest BCUT2D eigenvalue weighted by molar-refractivity contribution is -0.137. The number of anilines is 1. The molecule has 180 valence electrons. The predicted octanol–water partition coefficient (Wildman–Crippen LogP) is 5.58. The number of nitrogens with one attached hydrogen (secondary N) is 2. The second-order valence-electron chi connectivity index (χ2n) is 7.10. The maximum atomic E-state index is 13.0. The lowest BCUT2D eigenvalue weighted by Gasteiger charge is -2.12. The zero-order valence-corrected chi connectivity index (χ0v) is 20.1. The van der Waals surface area contributed by atoms with Crippen LogP contribution in [0.2, 0.25) is 5.02 Å². The SMILES string of the molecule is Cc1cc(S(=O)(=O)N=C(N)NNc2ccccc2)c(SCc2ccc(C(F)(F)F)cc2)cc1Cl. The molecule has 0 spiro atoms. The molecule has 0 heterocycles. The van der Waals surface area contributed by atoms with Gasteiger partial charge >= 0.3 is 6.18 Å². The monoisotopic (exact) mass is 528 g/mol. The summed E-state index contributed by atoms with van der Waals surface area (Å²) in [7, 11) is -4.23. The molecule has 0 fully saturated rings. The van der Waals surface area contributed by atoms with Crippen LogP contribution in [0.5, 0.6) is 0 Å². The molecular formula is C22H20ClF3N4O2S2. The molecule has 6 nitrogen and oxygen atoms in total. The van der Waals surface area contributed by atoms with Crippen molar-refractivity contribution < 1.29 is 21.6 Å². The van der Waals surface area contributed by atoms with Gasteiger partial charge in [0.15, 0.2) is 0 Å². The quantitative estimate of drug-likeness (QED) is 0.160. The maximum Gasteiger partial charge on any atom is 0.416 e. The van der Waals surface area contributed by atoms with Crippen LogP contribution in [0.4, 0.5) is 18.9 Å². The molecule has 0 aliphatic carbocycles. The molecule has 0 aliphatic heterocycles. The van der Waals surface area contributed by atoms with E-state index in [4.69, 9.17) is 17.3 Å². The zero-order valence-electron chi connectivity index (χ0n) is 17.7. The Morgan fingerprint density at radius 1 is 1.09 bits per heavy atom. The summed E-state index contributed by atoms with van der Waals surface area (Å²) in [6.45, 7) is 1.65. The number of thioether (sulfide) groups is 1. The van der Waals surface area contributed by atoms with Crippen LogP contribution in [0.15, 0.2) is 80.9 Å². The fourth-order valence-electron chi connectivity index (χ4n) is 2.76. The molecule has 0 atom stereocenters. The van der Waals surface area contributed by atoms with Gasteiger partial charge in [-0.15, -0.1) is 16.2 Å². The molecule has 0 amide bonds. The smallest absolute Gasteiger partial charge is 0.368 e. The number of nitrogens with zero attached hydrogens (tertiary/aromatic N) is 1. The Labute approximate surface area is 204 Å². The first-order chi connectivity index (χ1) is 16.0. The van der Waals surface area contributed by atoms with Gasteiger partial charge in [-0.05, 0) is 54.4 Å². The number of hydrogen-bond acceptors (Lipinski definition) is 4. The summed E-state index contributed by atoms with van der Waals surface area (Å²) < 4.78 is 67.9. The van der Waals surface area contributed by atoms with E-state index in [1.54, 1.807) is 31.2 Å². The first kappa shape index (κ1) is 25.7. The van der Waals surface area contributed by atoms with Crippen molar-refractivity contribution in [2.45, 2.75) is 28.6 Å². The molecule has 0 unspecified atom stereocenters. The number of rotatable bonds is 7. The van der Waals surface area contributed by atoms with E-state index in [2.05, 4.69) is 15.2 Å². The van der Waals surface area contributed by atoms with Crippen molar-refractivity contribution in [3.8, 4) is 0 Å². The summed E-state index contributed by atoms with van der Waals surface area (Å²) in [5, 5.41) is 0.342. The lowest BCUT2D eigenvalue weighted by Crippen LogP contribution is -2.36. The molecule has 0 bridgehead atoms. The number of benzene rings is 3. The molecular weight excluding hydrogens is 509 g/mol. The van der Waals surface area contributed by atoms with E-state index in [9.17, 15) is 21.6 Å². The van der Waals surface area contributed by atoms with Crippen LogP contribution in [0.1, 0.15) is 16.7 Å². The van der Waals surface area contributed by atoms with Crippen LogP contribution in [-0.4, -0.2) is 14.4 Å². The van der Waals surface area contributed by atoms with E-state index in [0.717, 1.165) is 23.9 Å². The Morgan fingerprint density at radius 2 is 1.74 bits per heavy atom. The van der Waals surface area contributed by atoms with E-state index in [-0.39, 0.29) is 16.6 Å². The van der Waals surface area contributed by atoms with Crippen molar-refractivity contribution in [2.24, 2.45) is 10.1 Å². The van der Waals surface area contributed by atoms with Crippen LogP contribution in [0.25, 0.3) is 0 Å². The Morgan fingerprint density at radius 3 is 2.35 bits per heavy atom. The highest BCUT2D eigenvalue weighted by Crippen LogP contribution is 2.35. The average Bonchev–Trinajstić information content (AvgIpc) is 2.78. The van der Waals surface area contributed by atoms with E-state index < -0.39 is 21.8 Å². The normalized spacial score (nSPS) is 12.4. The minimum atomic E-state index is -4.43. The van der Waals surface area contributed by atoms with Crippen LogP contribution in [0, 0.1) is 6.92 Å². The van der Waals surface area contributed by atoms with Gasteiger partial charge in [0.1, 0.15) is 4.90 Å². The number of nitrogens with two attached hydrogens (primary N) is 1. The molecule has 0 aliphatic rings. The van der Waals surface area contributed by atoms with E-state index >= 15 is 0 Å². The van der Waals surface area contributed by atoms with E-state index in [0.29, 0.717) is 26.7 Å². The summed E-state index contributed by atoms with van der Waals surface area (Å²) >= 11 is 7.31. The van der Waals surface area contributed by atoms with Crippen LogP contribution < -0.4 is 16.6 Å². The Balaban J connectivity index is 1.81. The van der Waals surface area contributed by atoms with Gasteiger partial charge in [0.2, 0.25) is 5.96 Å². The third kappa shape index (κ3) is 6.81. The molecule has 0 aromatic heterocycles. The number of halogens is 4. The molecule has 3 rings (SSSR count). The van der Waals surface area contributed by atoms with Crippen molar-refractivity contribution in [1.82, 2.24) is 5.43 Å². The Hall–Kier alpha value is -2.89. The van der Waals surface area contributed by atoms with Gasteiger partial charge in [0, 0.05) is 15.7 Å². The highest BCUT2D eigenvalue weighted by Gasteiger charge is 2.30. The highest BCUT2D eigenvalue weighted by atomic mass is 35.5. The number of para-hydroxylation sites is 1. The van der Waals surface area contributed by atoms with Crippen molar-refractivity contribution >= 4 is 45.0 Å². The molecule has 4 N–H and O–H groups in total. The average molecular weight is 529 g/mol. The van der Waals surface area contributed by atoms with Gasteiger partial charge in [-0.1, -0.05) is 41.9 Å². The maximum absolute atomic E-state index is 13.0. The molecule has 3 aromatic rings. The fourth-order valence-corrected chi connectivity index (χ4v) is 5.44. The number of guanidine groups is 1. The van der Waals surface area contributed by atoms with Gasteiger partial charge in [-0.3, -0.25) is 10.9 Å². The summed E-state index contributed by atoms with van der Waals surface area (Å²) in [6, 6.07) is 16.4. The zero-order chi connectivity index (χ0) is 24.9. The van der Waals surface area contributed by atoms with Gasteiger partial charge in [0.05, 0.1) is 11.3 Å². The molecule has 12 heteroatoms. The molecule has 0 saturated carbocycles. The van der Waals surface area contributed by atoms with Crippen molar-refractivity contribution in [2.75, 3.05) is 5.43 Å². The number of sulfonamides is 1. The van der Waals surface area contributed by atoms with E-state index in [1.165, 1.54) is 24.3 Å². The number of hydrazine groups is 1. The topological polar surface area (TPSA) is 96.6 Å². The van der Waals surface area contributed by atoms with Crippen LogP contribution >= 0.6 is 23.4 Å². The highest BCUT2D eigenvalue weighted by molar-refractivity contribution is 7.99. The molecule has 0 radical (unpaired) electrons.